The molecule has 8 heteroatoms. The number of anilines is 2. The molecule has 0 fully saturated rings. The van der Waals surface area contributed by atoms with E-state index in [2.05, 4.69) is 26.6 Å². The number of aryl methyl sites for hydroxylation is 2. The van der Waals surface area contributed by atoms with Gasteiger partial charge in [0.15, 0.2) is 12.4 Å². The first-order valence-electron chi connectivity index (χ1n) is 9.79. The zero-order chi connectivity index (χ0) is 23.0. The Morgan fingerprint density at radius 2 is 1.55 bits per heavy atom. The molecule has 0 saturated carbocycles. The third-order valence-electron chi connectivity index (χ3n) is 4.42. The number of hydrogen-bond donors (Lipinski definition) is 2. The van der Waals surface area contributed by atoms with E-state index in [1.54, 1.807) is 24.3 Å². The molecular formula is C23H25BrN2O5. The summed E-state index contributed by atoms with van der Waals surface area (Å²) < 4.78 is 5.95. The summed E-state index contributed by atoms with van der Waals surface area (Å²) >= 11 is 3.47. The number of hydrogen-bond acceptors (Lipinski definition) is 5. The number of ketones is 1. The van der Waals surface area contributed by atoms with Gasteiger partial charge in [-0.05, 0) is 62.6 Å². The highest BCUT2D eigenvalue weighted by Crippen LogP contribution is 2.25. The maximum absolute atomic E-state index is 12.0. The Morgan fingerprint density at radius 1 is 0.903 bits per heavy atom. The molecule has 0 spiro atoms. The molecule has 0 aliphatic rings. The Morgan fingerprint density at radius 3 is 2.19 bits per heavy atom. The van der Waals surface area contributed by atoms with E-state index in [1.165, 1.54) is 6.92 Å². The molecule has 7 nitrogen and oxygen atoms in total. The lowest BCUT2D eigenvalue weighted by Gasteiger charge is -2.10. The Labute approximate surface area is 189 Å². The lowest BCUT2D eigenvalue weighted by atomic mass is 10.1. The molecule has 0 aliphatic carbocycles. The SMILES string of the molecule is CC(=O)c1cccc(NC(=O)CCCC(=O)OCC(=O)Nc2cc(C)c(Br)c(C)c2)c1. The Balaban J connectivity index is 1.70. The van der Waals surface area contributed by atoms with Crippen molar-refractivity contribution in [3.8, 4) is 0 Å². The smallest absolute Gasteiger partial charge is 0.306 e. The lowest BCUT2D eigenvalue weighted by Crippen LogP contribution is -2.21. The summed E-state index contributed by atoms with van der Waals surface area (Å²) in [6.07, 6.45) is 0.414. The fourth-order valence-corrected chi connectivity index (χ4v) is 3.09. The minimum atomic E-state index is -0.551. The number of carbonyl (C=O) groups excluding carboxylic acids is 4. The van der Waals surface area contributed by atoms with Gasteiger partial charge >= 0.3 is 5.97 Å². The van der Waals surface area contributed by atoms with Crippen molar-refractivity contribution in [2.24, 2.45) is 0 Å². The Bertz CT molecular complexity index is 980. The van der Waals surface area contributed by atoms with Crippen molar-refractivity contribution in [2.45, 2.75) is 40.0 Å². The average Bonchev–Trinajstić information content (AvgIpc) is 2.70. The van der Waals surface area contributed by atoms with Gasteiger partial charge < -0.3 is 15.4 Å². The van der Waals surface area contributed by atoms with Gasteiger partial charge in [-0.15, -0.1) is 0 Å². The van der Waals surface area contributed by atoms with Crippen LogP contribution in [-0.4, -0.2) is 30.2 Å². The van der Waals surface area contributed by atoms with Gasteiger partial charge in [0, 0.05) is 34.3 Å². The number of halogens is 1. The molecule has 2 aromatic rings. The zero-order valence-electron chi connectivity index (χ0n) is 17.7. The van der Waals surface area contributed by atoms with E-state index >= 15 is 0 Å². The molecule has 2 amide bonds. The molecule has 0 bridgehead atoms. The number of amides is 2. The number of rotatable bonds is 9. The number of nitrogens with one attached hydrogen (secondary N) is 2. The van der Waals surface area contributed by atoms with Crippen LogP contribution in [0.5, 0.6) is 0 Å². The minimum Gasteiger partial charge on any atom is -0.456 e. The average molecular weight is 489 g/mol. The second kappa shape index (κ2) is 11.4. The Hall–Kier alpha value is -3.00. The van der Waals surface area contributed by atoms with Gasteiger partial charge in [0.25, 0.3) is 5.91 Å². The highest BCUT2D eigenvalue weighted by atomic mass is 79.9. The zero-order valence-corrected chi connectivity index (χ0v) is 19.3. The molecule has 164 valence electrons. The van der Waals surface area contributed by atoms with E-state index in [0.29, 0.717) is 16.9 Å². The second-order valence-corrected chi connectivity index (χ2v) is 7.96. The van der Waals surface area contributed by atoms with Crippen LogP contribution in [0.15, 0.2) is 40.9 Å². The van der Waals surface area contributed by atoms with Crippen LogP contribution < -0.4 is 10.6 Å². The van der Waals surface area contributed by atoms with E-state index < -0.39 is 18.5 Å². The van der Waals surface area contributed by atoms with E-state index in [1.807, 2.05) is 26.0 Å². The third kappa shape index (κ3) is 7.97. The Kier molecular flexibility index (Phi) is 8.93. The first kappa shape index (κ1) is 24.3. The van der Waals surface area contributed by atoms with Gasteiger partial charge in [0.2, 0.25) is 5.91 Å². The number of Topliss-reactive ketones (excluding diaryl/α,β-unsaturated/α-hetero) is 1. The van der Waals surface area contributed by atoms with Crippen LogP contribution in [0.1, 0.15) is 47.7 Å². The van der Waals surface area contributed by atoms with Gasteiger partial charge in [-0.25, -0.2) is 0 Å². The van der Waals surface area contributed by atoms with Gasteiger partial charge in [0.05, 0.1) is 0 Å². The molecule has 0 aromatic heterocycles. The van der Waals surface area contributed by atoms with Crippen LogP contribution in [0.3, 0.4) is 0 Å². The summed E-state index contributed by atoms with van der Waals surface area (Å²) in [4.78, 5) is 47.2. The van der Waals surface area contributed by atoms with Crippen molar-refractivity contribution in [3.63, 3.8) is 0 Å². The molecule has 0 saturated heterocycles. The summed E-state index contributed by atoms with van der Waals surface area (Å²) in [6.45, 7) is 4.90. The van der Waals surface area contributed by atoms with E-state index in [0.717, 1.165) is 15.6 Å². The van der Waals surface area contributed by atoms with Gasteiger partial charge in [-0.2, -0.15) is 0 Å². The molecule has 0 unspecified atom stereocenters. The maximum atomic E-state index is 12.0. The fraction of sp³-hybridized carbons (Fsp3) is 0.304. The predicted octanol–water partition coefficient (Wildman–Crippen LogP) is 4.56. The van der Waals surface area contributed by atoms with E-state index in [4.69, 9.17) is 4.74 Å². The quantitative estimate of drug-likeness (QED) is 0.397. The molecule has 0 atom stereocenters. The second-order valence-electron chi connectivity index (χ2n) is 7.17. The summed E-state index contributed by atoms with van der Waals surface area (Å²) in [7, 11) is 0. The summed E-state index contributed by atoms with van der Waals surface area (Å²) in [6, 6.07) is 10.3. The highest BCUT2D eigenvalue weighted by Gasteiger charge is 2.11. The van der Waals surface area contributed by atoms with Crippen LogP contribution >= 0.6 is 15.9 Å². The largest absolute Gasteiger partial charge is 0.456 e. The summed E-state index contributed by atoms with van der Waals surface area (Å²) in [5, 5.41) is 5.39. The standard InChI is InChI=1S/C23H25BrN2O5/c1-14-10-19(11-15(2)23(14)24)26-21(29)13-31-22(30)9-5-8-20(28)25-18-7-4-6-17(12-18)16(3)27/h4,6-7,10-12H,5,8-9,13H2,1-3H3,(H,25,28)(H,26,29). The number of benzene rings is 2. The molecule has 0 heterocycles. The molecule has 31 heavy (non-hydrogen) atoms. The van der Waals surface area contributed by atoms with Crippen molar-refractivity contribution in [1.29, 1.82) is 0 Å². The van der Waals surface area contributed by atoms with Gasteiger partial charge in [0.1, 0.15) is 0 Å². The predicted molar refractivity (Wildman–Crippen MR) is 122 cm³/mol. The van der Waals surface area contributed by atoms with Crippen LogP contribution in [-0.2, 0) is 19.1 Å². The van der Waals surface area contributed by atoms with Crippen molar-refractivity contribution in [2.75, 3.05) is 17.2 Å². The molecule has 2 N–H and O–H groups in total. The number of carbonyl (C=O) groups is 4. The van der Waals surface area contributed by atoms with Crippen LogP contribution in [0.25, 0.3) is 0 Å². The fourth-order valence-electron chi connectivity index (χ4n) is 2.87. The van der Waals surface area contributed by atoms with Crippen molar-refractivity contribution in [1.82, 2.24) is 0 Å². The van der Waals surface area contributed by atoms with Crippen molar-refractivity contribution < 1.29 is 23.9 Å². The van der Waals surface area contributed by atoms with Gasteiger partial charge in [-0.1, -0.05) is 28.1 Å². The normalized spacial score (nSPS) is 10.3. The molecule has 2 rings (SSSR count). The van der Waals surface area contributed by atoms with E-state index in [-0.39, 0.29) is 31.0 Å². The number of esters is 1. The topological polar surface area (TPSA) is 102 Å². The van der Waals surface area contributed by atoms with Crippen LogP contribution in [0, 0.1) is 13.8 Å². The van der Waals surface area contributed by atoms with Crippen LogP contribution in [0.2, 0.25) is 0 Å². The third-order valence-corrected chi connectivity index (χ3v) is 5.67. The molecule has 0 aliphatic heterocycles. The lowest BCUT2D eigenvalue weighted by molar-refractivity contribution is -0.147. The first-order chi connectivity index (χ1) is 14.7. The van der Waals surface area contributed by atoms with Gasteiger partial charge in [-0.3, -0.25) is 19.2 Å². The molecular weight excluding hydrogens is 464 g/mol. The summed E-state index contributed by atoms with van der Waals surface area (Å²) in [5.74, 6) is -1.34. The maximum Gasteiger partial charge on any atom is 0.306 e. The van der Waals surface area contributed by atoms with E-state index in [9.17, 15) is 19.2 Å². The molecule has 2 aromatic carbocycles. The highest BCUT2D eigenvalue weighted by molar-refractivity contribution is 9.10. The first-order valence-corrected chi connectivity index (χ1v) is 10.6. The summed E-state index contributed by atoms with van der Waals surface area (Å²) in [5.41, 5.74) is 3.63. The van der Waals surface area contributed by atoms with Crippen molar-refractivity contribution in [3.05, 3.63) is 57.6 Å². The van der Waals surface area contributed by atoms with Crippen molar-refractivity contribution >= 4 is 50.9 Å². The number of ether oxygens (including phenoxy) is 1. The monoisotopic (exact) mass is 488 g/mol. The minimum absolute atomic E-state index is 0.0185. The molecule has 0 radical (unpaired) electrons. The van der Waals surface area contributed by atoms with Crippen LogP contribution in [0.4, 0.5) is 11.4 Å².